The summed E-state index contributed by atoms with van der Waals surface area (Å²) in [6.45, 7) is 2.07. The van der Waals surface area contributed by atoms with E-state index in [-0.39, 0.29) is 0 Å². The summed E-state index contributed by atoms with van der Waals surface area (Å²) in [4.78, 5) is 0. The maximum atomic E-state index is 3.31. The number of aryl methyl sites for hydroxylation is 2. The van der Waals surface area contributed by atoms with E-state index in [9.17, 15) is 0 Å². The predicted molar refractivity (Wildman–Crippen MR) is 56.6 cm³/mol. The molecule has 0 atom stereocenters. The SMILES string of the molecule is Cc1ccc(-c2ccccc2)[c-][n+]1C. The summed E-state index contributed by atoms with van der Waals surface area (Å²) >= 11 is 0. The highest BCUT2D eigenvalue weighted by Crippen LogP contribution is 2.15. The van der Waals surface area contributed by atoms with Gasteiger partial charge in [0, 0.05) is 0 Å². The van der Waals surface area contributed by atoms with E-state index in [1.807, 2.05) is 29.8 Å². The fourth-order valence-corrected chi connectivity index (χ4v) is 1.40. The maximum Gasteiger partial charge on any atom is 0.153 e. The summed E-state index contributed by atoms with van der Waals surface area (Å²) in [6, 6.07) is 14.5. The van der Waals surface area contributed by atoms with Crippen LogP contribution in [0.2, 0.25) is 0 Å². The molecule has 2 rings (SSSR count). The lowest BCUT2D eigenvalue weighted by molar-refractivity contribution is -0.681. The quantitative estimate of drug-likeness (QED) is 0.472. The molecule has 1 heteroatoms. The summed E-state index contributed by atoms with van der Waals surface area (Å²) in [6.07, 6.45) is 3.31. The molecule has 14 heavy (non-hydrogen) atoms. The number of pyridine rings is 1. The van der Waals surface area contributed by atoms with Crippen LogP contribution < -0.4 is 4.57 Å². The largest absolute Gasteiger partial charge is 0.282 e. The normalized spacial score (nSPS) is 10.1. The molecule has 0 aliphatic rings. The summed E-state index contributed by atoms with van der Waals surface area (Å²) in [7, 11) is 2.02. The van der Waals surface area contributed by atoms with Crippen LogP contribution in [0.4, 0.5) is 0 Å². The van der Waals surface area contributed by atoms with E-state index >= 15 is 0 Å². The Morgan fingerprint density at radius 2 is 1.71 bits per heavy atom. The molecular weight excluding hydrogens is 170 g/mol. The molecule has 70 valence electrons. The summed E-state index contributed by atoms with van der Waals surface area (Å²) in [5.74, 6) is 0. The van der Waals surface area contributed by atoms with E-state index in [1.54, 1.807) is 0 Å². The Hall–Kier alpha value is -1.63. The second-order valence-corrected chi connectivity index (χ2v) is 3.43. The van der Waals surface area contributed by atoms with Crippen LogP contribution in [0.1, 0.15) is 5.69 Å². The Morgan fingerprint density at radius 3 is 2.36 bits per heavy atom. The third kappa shape index (κ3) is 1.67. The van der Waals surface area contributed by atoms with Gasteiger partial charge < -0.3 is 0 Å². The molecule has 1 aromatic carbocycles. The van der Waals surface area contributed by atoms with Crippen molar-refractivity contribution in [1.29, 1.82) is 0 Å². The van der Waals surface area contributed by atoms with Gasteiger partial charge in [0.1, 0.15) is 7.05 Å². The fraction of sp³-hybridized carbons (Fsp3) is 0.154. The zero-order chi connectivity index (χ0) is 9.97. The van der Waals surface area contributed by atoms with Gasteiger partial charge in [-0.05, 0) is 6.92 Å². The standard InChI is InChI=1S/C13H13N/c1-11-8-9-13(10-14(11)2)12-6-4-3-5-7-12/h3-9H,1-2H3. The van der Waals surface area contributed by atoms with Crippen molar-refractivity contribution < 1.29 is 4.57 Å². The van der Waals surface area contributed by atoms with Crippen molar-refractivity contribution in [1.82, 2.24) is 0 Å². The number of benzene rings is 1. The van der Waals surface area contributed by atoms with E-state index in [0.29, 0.717) is 0 Å². The molecule has 0 bridgehead atoms. The molecular formula is C13H13N. The first-order valence-corrected chi connectivity index (χ1v) is 4.72. The maximum absolute atomic E-state index is 3.31. The molecule has 0 N–H and O–H groups in total. The minimum atomic E-state index is 1.14. The number of hydrogen-bond donors (Lipinski definition) is 0. The summed E-state index contributed by atoms with van der Waals surface area (Å²) < 4.78 is 2.02. The smallest absolute Gasteiger partial charge is 0.153 e. The minimum Gasteiger partial charge on any atom is -0.282 e. The van der Waals surface area contributed by atoms with Crippen molar-refractivity contribution in [2.75, 3.05) is 0 Å². The van der Waals surface area contributed by atoms with Gasteiger partial charge in [0.05, 0.1) is 5.69 Å². The lowest BCUT2D eigenvalue weighted by atomic mass is 10.1. The average Bonchev–Trinajstić information content (AvgIpc) is 2.23. The van der Waals surface area contributed by atoms with Crippen LogP contribution in [-0.2, 0) is 7.05 Å². The van der Waals surface area contributed by atoms with E-state index in [0.717, 1.165) is 5.56 Å². The Kier molecular flexibility index (Phi) is 2.32. The Morgan fingerprint density at radius 1 is 1.00 bits per heavy atom. The third-order valence-corrected chi connectivity index (χ3v) is 2.39. The average molecular weight is 183 g/mol. The van der Waals surface area contributed by atoms with Gasteiger partial charge in [-0.15, -0.1) is 6.07 Å². The highest BCUT2D eigenvalue weighted by Gasteiger charge is 1.96. The molecule has 0 aliphatic heterocycles. The molecule has 0 saturated carbocycles. The van der Waals surface area contributed by atoms with Crippen LogP contribution in [0.3, 0.4) is 0 Å². The van der Waals surface area contributed by atoms with Crippen LogP contribution in [-0.4, -0.2) is 0 Å². The first kappa shape index (κ1) is 8.95. The number of hydrogen-bond acceptors (Lipinski definition) is 0. The number of rotatable bonds is 1. The lowest BCUT2D eigenvalue weighted by Crippen LogP contribution is -2.31. The molecule has 1 nitrogen and oxygen atoms in total. The molecule has 0 aliphatic carbocycles. The molecule has 1 aromatic heterocycles. The predicted octanol–water partition coefficient (Wildman–Crippen LogP) is 2.29. The second kappa shape index (κ2) is 3.62. The topological polar surface area (TPSA) is 3.88 Å². The van der Waals surface area contributed by atoms with Crippen LogP contribution in [0.5, 0.6) is 0 Å². The van der Waals surface area contributed by atoms with Gasteiger partial charge >= 0.3 is 0 Å². The van der Waals surface area contributed by atoms with Crippen LogP contribution >= 0.6 is 0 Å². The zero-order valence-corrected chi connectivity index (χ0v) is 8.49. The monoisotopic (exact) mass is 183 g/mol. The van der Waals surface area contributed by atoms with E-state index < -0.39 is 0 Å². The van der Waals surface area contributed by atoms with Crippen molar-refractivity contribution in [3.8, 4) is 11.1 Å². The Labute approximate surface area is 84.6 Å². The van der Waals surface area contributed by atoms with E-state index in [4.69, 9.17) is 0 Å². The van der Waals surface area contributed by atoms with Gasteiger partial charge in [-0.2, -0.15) is 0 Å². The Bertz CT molecular complexity index is 432. The van der Waals surface area contributed by atoms with Crippen molar-refractivity contribution in [3.05, 3.63) is 54.4 Å². The van der Waals surface area contributed by atoms with Gasteiger partial charge in [0.2, 0.25) is 0 Å². The second-order valence-electron chi connectivity index (χ2n) is 3.43. The molecule has 0 unspecified atom stereocenters. The van der Waals surface area contributed by atoms with Crippen LogP contribution in [0, 0.1) is 13.1 Å². The molecule has 0 amide bonds. The molecule has 2 aromatic rings. The van der Waals surface area contributed by atoms with E-state index in [2.05, 4.69) is 37.4 Å². The molecule has 0 saturated heterocycles. The highest BCUT2D eigenvalue weighted by molar-refractivity contribution is 5.60. The first-order valence-electron chi connectivity index (χ1n) is 4.72. The number of aromatic nitrogens is 1. The van der Waals surface area contributed by atoms with Gasteiger partial charge in [0.15, 0.2) is 6.20 Å². The van der Waals surface area contributed by atoms with Crippen molar-refractivity contribution in [3.63, 3.8) is 0 Å². The highest BCUT2D eigenvalue weighted by atomic mass is 14.9. The summed E-state index contributed by atoms with van der Waals surface area (Å²) in [5, 5.41) is 0. The van der Waals surface area contributed by atoms with Crippen molar-refractivity contribution >= 4 is 0 Å². The van der Waals surface area contributed by atoms with Gasteiger partial charge in [-0.3, -0.25) is 4.57 Å². The van der Waals surface area contributed by atoms with Crippen molar-refractivity contribution in [2.45, 2.75) is 6.92 Å². The summed E-state index contributed by atoms with van der Waals surface area (Å²) in [5.41, 5.74) is 3.56. The first-order chi connectivity index (χ1) is 6.77. The molecule has 0 spiro atoms. The fourth-order valence-electron chi connectivity index (χ4n) is 1.40. The van der Waals surface area contributed by atoms with Crippen LogP contribution in [0.15, 0.2) is 42.5 Å². The van der Waals surface area contributed by atoms with E-state index in [1.165, 1.54) is 11.3 Å². The van der Waals surface area contributed by atoms with Crippen LogP contribution in [0.25, 0.3) is 11.1 Å². The molecule has 0 fully saturated rings. The number of nitrogens with zero attached hydrogens (tertiary/aromatic N) is 1. The van der Waals surface area contributed by atoms with Gasteiger partial charge in [0.25, 0.3) is 0 Å². The molecule has 1 heterocycles. The third-order valence-electron chi connectivity index (χ3n) is 2.39. The van der Waals surface area contributed by atoms with Gasteiger partial charge in [-0.1, -0.05) is 47.5 Å². The molecule has 0 radical (unpaired) electrons. The minimum absolute atomic E-state index is 1.14. The lowest BCUT2D eigenvalue weighted by Gasteiger charge is -2.07. The van der Waals surface area contributed by atoms with Crippen molar-refractivity contribution in [2.24, 2.45) is 7.05 Å². The van der Waals surface area contributed by atoms with Gasteiger partial charge in [-0.25, -0.2) is 0 Å². The Balaban J connectivity index is 2.48. The zero-order valence-electron chi connectivity index (χ0n) is 8.49.